The largest absolute Gasteiger partial charge is 0.316 e. The summed E-state index contributed by atoms with van der Waals surface area (Å²) in [6, 6.07) is 6.53. The maximum absolute atomic E-state index is 13.2. The Balaban J connectivity index is 0.00000192. The first-order valence-corrected chi connectivity index (χ1v) is 8.23. The highest BCUT2D eigenvalue weighted by atomic mass is 35.5. The smallest absolute Gasteiger partial charge is 0.230 e. The standard InChI is InChI=1S/C16H18FN3OS.ClH/c17-13-5-1-3-11(7-13)8-14-10-19-16(22-14)20-15(21)12-4-2-6-18-9-12;/h1,3,5,7,10,12,18H,2,4,6,8-9H2,(H,19,20,21);1H. The Kier molecular flexibility index (Phi) is 6.50. The lowest BCUT2D eigenvalue weighted by molar-refractivity contribution is -0.120. The summed E-state index contributed by atoms with van der Waals surface area (Å²) in [5.41, 5.74) is 0.901. The maximum atomic E-state index is 13.2. The quantitative estimate of drug-likeness (QED) is 0.885. The minimum absolute atomic E-state index is 0. The van der Waals surface area contributed by atoms with Gasteiger partial charge in [-0.2, -0.15) is 0 Å². The number of benzene rings is 1. The van der Waals surface area contributed by atoms with Crippen molar-refractivity contribution < 1.29 is 9.18 Å². The number of carbonyl (C=O) groups excluding carboxylic acids is 1. The summed E-state index contributed by atoms with van der Waals surface area (Å²) in [6.07, 6.45) is 4.31. The van der Waals surface area contributed by atoms with Crippen molar-refractivity contribution in [2.24, 2.45) is 5.92 Å². The van der Waals surface area contributed by atoms with Crippen molar-refractivity contribution in [3.8, 4) is 0 Å². The molecule has 7 heteroatoms. The normalized spacial score (nSPS) is 17.3. The monoisotopic (exact) mass is 355 g/mol. The van der Waals surface area contributed by atoms with E-state index in [9.17, 15) is 9.18 Å². The van der Waals surface area contributed by atoms with Crippen molar-refractivity contribution in [3.63, 3.8) is 0 Å². The molecule has 124 valence electrons. The lowest BCUT2D eigenvalue weighted by Crippen LogP contribution is -2.37. The third-order valence-electron chi connectivity index (χ3n) is 3.72. The van der Waals surface area contributed by atoms with Crippen molar-refractivity contribution in [3.05, 3.63) is 46.7 Å². The second kappa shape index (κ2) is 8.38. The Bertz CT molecular complexity index is 658. The molecule has 2 aromatic rings. The number of amides is 1. The van der Waals surface area contributed by atoms with Crippen LogP contribution in [0.25, 0.3) is 0 Å². The Morgan fingerprint density at radius 3 is 3.09 bits per heavy atom. The zero-order chi connectivity index (χ0) is 15.4. The number of nitrogens with one attached hydrogen (secondary N) is 2. The molecule has 1 amide bonds. The molecule has 4 nitrogen and oxygen atoms in total. The third-order valence-corrected chi connectivity index (χ3v) is 4.63. The highest BCUT2D eigenvalue weighted by Crippen LogP contribution is 2.22. The second-order valence-electron chi connectivity index (χ2n) is 5.47. The molecule has 1 unspecified atom stereocenters. The second-order valence-corrected chi connectivity index (χ2v) is 6.59. The molecule has 2 heterocycles. The average molecular weight is 356 g/mol. The molecule has 0 saturated carbocycles. The van der Waals surface area contributed by atoms with Gasteiger partial charge in [-0.25, -0.2) is 9.37 Å². The third kappa shape index (κ3) is 4.99. The fraction of sp³-hybridized carbons (Fsp3) is 0.375. The van der Waals surface area contributed by atoms with E-state index in [4.69, 9.17) is 0 Å². The molecule has 1 atom stereocenters. The molecular formula is C16H19ClFN3OS. The summed E-state index contributed by atoms with van der Waals surface area (Å²) >= 11 is 1.44. The molecule has 1 saturated heterocycles. The van der Waals surface area contributed by atoms with E-state index in [1.165, 1.54) is 23.5 Å². The molecule has 1 aliphatic heterocycles. The Morgan fingerprint density at radius 1 is 1.48 bits per heavy atom. The molecular weight excluding hydrogens is 337 g/mol. The van der Waals surface area contributed by atoms with Gasteiger partial charge in [0.15, 0.2) is 5.13 Å². The number of nitrogens with zero attached hydrogens (tertiary/aromatic N) is 1. The van der Waals surface area contributed by atoms with E-state index < -0.39 is 0 Å². The van der Waals surface area contributed by atoms with Crippen molar-refractivity contribution in [2.45, 2.75) is 19.3 Å². The zero-order valence-corrected chi connectivity index (χ0v) is 14.2. The average Bonchev–Trinajstić information content (AvgIpc) is 2.95. The van der Waals surface area contributed by atoms with Crippen molar-refractivity contribution in [1.29, 1.82) is 0 Å². The van der Waals surface area contributed by atoms with Gasteiger partial charge in [0.2, 0.25) is 5.91 Å². The van der Waals surface area contributed by atoms with Crippen LogP contribution in [0, 0.1) is 11.7 Å². The number of piperidine rings is 1. The minimum Gasteiger partial charge on any atom is -0.316 e. The van der Waals surface area contributed by atoms with Crippen LogP contribution >= 0.6 is 23.7 Å². The first-order valence-electron chi connectivity index (χ1n) is 7.41. The summed E-state index contributed by atoms with van der Waals surface area (Å²) in [4.78, 5) is 17.4. The van der Waals surface area contributed by atoms with Gasteiger partial charge in [0.25, 0.3) is 0 Å². The molecule has 0 spiro atoms. The van der Waals surface area contributed by atoms with Gasteiger partial charge in [-0.3, -0.25) is 4.79 Å². The van der Waals surface area contributed by atoms with E-state index in [1.54, 1.807) is 12.3 Å². The van der Waals surface area contributed by atoms with E-state index in [-0.39, 0.29) is 30.0 Å². The molecule has 1 aromatic carbocycles. The fourth-order valence-electron chi connectivity index (χ4n) is 2.58. The molecule has 1 aliphatic rings. The summed E-state index contributed by atoms with van der Waals surface area (Å²) in [5.74, 6) is -0.191. The van der Waals surface area contributed by atoms with Crippen molar-refractivity contribution in [1.82, 2.24) is 10.3 Å². The Morgan fingerprint density at radius 2 is 2.35 bits per heavy atom. The van der Waals surface area contributed by atoms with Gasteiger partial charge in [-0.1, -0.05) is 12.1 Å². The lowest BCUT2D eigenvalue weighted by atomic mass is 9.99. The van der Waals surface area contributed by atoms with Gasteiger partial charge in [-0.15, -0.1) is 23.7 Å². The number of anilines is 1. The predicted molar refractivity (Wildman–Crippen MR) is 92.8 cm³/mol. The van der Waals surface area contributed by atoms with Crippen LogP contribution in [0.1, 0.15) is 23.3 Å². The molecule has 0 bridgehead atoms. The van der Waals surface area contributed by atoms with E-state index in [0.717, 1.165) is 36.4 Å². The number of thiazole rings is 1. The number of hydrogen-bond acceptors (Lipinski definition) is 4. The molecule has 2 N–H and O–H groups in total. The highest BCUT2D eigenvalue weighted by molar-refractivity contribution is 7.15. The van der Waals surface area contributed by atoms with Crippen molar-refractivity contribution in [2.75, 3.05) is 18.4 Å². The van der Waals surface area contributed by atoms with Gasteiger partial charge in [0.1, 0.15) is 5.82 Å². The summed E-state index contributed by atoms with van der Waals surface area (Å²) < 4.78 is 13.2. The van der Waals surface area contributed by atoms with E-state index in [0.29, 0.717) is 11.6 Å². The minimum atomic E-state index is -0.236. The lowest BCUT2D eigenvalue weighted by Gasteiger charge is -2.21. The van der Waals surface area contributed by atoms with Crippen LogP contribution in [0.5, 0.6) is 0 Å². The molecule has 23 heavy (non-hydrogen) atoms. The molecule has 0 aliphatic carbocycles. The van der Waals surface area contributed by atoms with Crippen LogP contribution in [0.15, 0.2) is 30.5 Å². The van der Waals surface area contributed by atoms with Crippen molar-refractivity contribution >= 4 is 34.8 Å². The summed E-state index contributed by atoms with van der Waals surface area (Å²) in [6.45, 7) is 1.71. The number of aromatic nitrogens is 1. The number of carbonyl (C=O) groups is 1. The topological polar surface area (TPSA) is 54.0 Å². The van der Waals surface area contributed by atoms with Crippen LogP contribution in [0.2, 0.25) is 0 Å². The van der Waals surface area contributed by atoms with E-state index in [1.807, 2.05) is 6.07 Å². The van der Waals surface area contributed by atoms with Gasteiger partial charge >= 0.3 is 0 Å². The van der Waals surface area contributed by atoms with Gasteiger partial charge < -0.3 is 10.6 Å². The fourth-order valence-corrected chi connectivity index (χ4v) is 3.43. The zero-order valence-electron chi connectivity index (χ0n) is 12.5. The van der Waals surface area contributed by atoms with E-state index in [2.05, 4.69) is 15.6 Å². The first kappa shape index (κ1) is 17.8. The van der Waals surface area contributed by atoms with Crippen LogP contribution in [-0.4, -0.2) is 24.0 Å². The van der Waals surface area contributed by atoms with E-state index >= 15 is 0 Å². The summed E-state index contributed by atoms with van der Waals surface area (Å²) in [7, 11) is 0. The molecule has 3 rings (SSSR count). The first-order chi connectivity index (χ1) is 10.7. The van der Waals surface area contributed by atoms with Crippen LogP contribution in [0.4, 0.5) is 9.52 Å². The van der Waals surface area contributed by atoms with Gasteiger partial charge in [-0.05, 0) is 37.1 Å². The van der Waals surface area contributed by atoms with Crippen LogP contribution < -0.4 is 10.6 Å². The maximum Gasteiger partial charge on any atom is 0.230 e. The Labute approximate surface area is 144 Å². The van der Waals surface area contributed by atoms with Crippen LogP contribution in [-0.2, 0) is 11.2 Å². The molecule has 1 aromatic heterocycles. The SMILES string of the molecule is Cl.O=C(Nc1ncc(Cc2cccc(F)c2)s1)C1CCCNC1. The number of hydrogen-bond donors (Lipinski definition) is 2. The number of halogens is 2. The highest BCUT2D eigenvalue weighted by Gasteiger charge is 2.21. The molecule has 0 radical (unpaired) electrons. The summed E-state index contributed by atoms with van der Waals surface area (Å²) in [5, 5.41) is 6.73. The van der Waals surface area contributed by atoms with Crippen LogP contribution in [0.3, 0.4) is 0 Å². The number of rotatable bonds is 4. The Hall–Kier alpha value is -1.50. The molecule has 1 fully saturated rings. The van der Waals surface area contributed by atoms with Gasteiger partial charge in [0.05, 0.1) is 5.92 Å². The predicted octanol–water partition coefficient (Wildman–Crippen LogP) is 3.23. The van der Waals surface area contributed by atoms with Gasteiger partial charge in [0, 0.05) is 24.0 Å².